The number of hydrogen-bond donors (Lipinski definition) is 0. The fourth-order valence-electron chi connectivity index (χ4n) is 1.22. The molecule has 1 rings (SSSR count). The first-order chi connectivity index (χ1) is 9.08. The maximum Gasteiger partial charge on any atom is 0.458 e. The van der Waals surface area contributed by atoms with Crippen molar-refractivity contribution in [3.8, 4) is 0 Å². The van der Waals surface area contributed by atoms with Crippen LogP contribution in [0.3, 0.4) is 0 Å². The molecule has 9 heteroatoms. The molecule has 0 atom stereocenters. The van der Waals surface area contributed by atoms with Gasteiger partial charge in [0.1, 0.15) is 5.78 Å². The standard InChI is InChI=1S/C8H14O.C4F6O2/c1-8(2,3)7(9)6-4-5-6;5-3(6,7)1(11)2(12)4(8,9)10/h6H,4-5H2,1-3H3;. The van der Waals surface area contributed by atoms with Crippen LogP contribution >= 0.6 is 0 Å². The quantitative estimate of drug-likeness (QED) is 0.580. The smallest absolute Gasteiger partial charge is 0.299 e. The van der Waals surface area contributed by atoms with Crippen molar-refractivity contribution < 1.29 is 40.7 Å². The molecule has 1 aliphatic carbocycles. The van der Waals surface area contributed by atoms with Crippen LogP contribution in [-0.4, -0.2) is 29.7 Å². The van der Waals surface area contributed by atoms with Crippen LogP contribution in [0, 0.1) is 11.3 Å². The molecule has 0 aromatic heterocycles. The van der Waals surface area contributed by atoms with E-state index in [1.807, 2.05) is 20.8 Å². The van der Waals surface area contributed by atoms with E-state index in [-0.39, 0.29) is 5.41 Å². The summed E-state index contributed by atoms with van der Waals surface area (Å²) < 4.78 is 67.0. The third-order valence-corrected chi connectivity index (χ3v) is 2.41. The second-order valence-electron chi connectivity index (χ2n) is 5.54. The highest BCUT2D eigenvalue weighted by molar-refractivity contribution is 6.41. The monoisotopic (exact) mass is 320 g/mol. The van der Waals surface area contributed by atoms with Crippen molar-refractivity contribution in [1.29, 1.82) is 0 Å². The van der Waals surface area contributed by atoms with Crippen LogP contribution in [0.2, 0.25) is 0 Å². The number of ketones is 3. The Labute approximate surface area is 116 Å². The molecule has 0 amide bonds. The van der Waals surface area contributed by atoms with Gasteiger partial charge in [-0.15, -0.1) is 0 Å². The second kappa shape index (κ2) is 6.15. The van der Waals surface area contributed by atoms with Gasteiger partial charge in [0.15, 0.2) is 0 Å². The molecule has 122 valence electrons. The molecule has 0 heterocycles. The molecular formula is C12H14F6O3. The Bertz CT molecular complexity index is 400. The van der Waals surface area contributed by atoms with Crippen molar-refractivity contribution in [1.82, 2.24) is 0 Å². The van der Waals surface area contributed by atoms with Crippen LogP contribution in [0.1, 0.15) is 33.6 Å². The highest BCUT2D eigenvalue weighted by Gasteiger charge is 2.54. The lowest BCUT2D eigenvalue weighted by molar-refractivity contribution is -0.193. The zero-order chi connectivity index (χ0) is 17.2. The van der Waals surface area contributed by atoms with Crippen LogP contribution < -0.4 is 0 Å². The summed E-state index contributed by atoms with van der Waals surface area (Å²) in [4.78, 5) is 30.5. The summed E-state index contributed by atoms with van der Waals surface area (Å²) in [6.07, 6.45) is -9.27. The minimum atomic E-state index is -5.77. The number of rotatable bonds is 2. The van der Waals surface area contributed by atoms with Gasteiger partial charge in [0.05, 0.1) is 0 Å². The molecule has 0 N–H and O–H groups in total. The average molecular weight is 320 g/mol. The number of hydrogen-bond acceptors (Lipinski definition) is 3. The number of carbonyl (C=O) groups excluding carboxylic acids is 3. The van der Waals surface area contributed by atoms with E-state index >= 15 is 0 Å². The van der Waals surface area contributed by atoms with Gasteiger partial charge >= 0.3 is 23.9 Å². The fraction of sp³-hybridized carbons (Fsp3) is 0.750. The van der Waals surface area contributed by atoms with Crippen LogP contribution in [0.15, 0.2) is 0 Å². The van der Waals surface area contributed by atoms with Crippen LogP contribution in [0.25, 0.3) is 0 Å². The lowest BCUT2D eigenvalue weighted by Crippen LogP contribution is -2.39. The van der Waals surface area contributed by atoms with E-state index in [2.05, 4.69) is 0 Å². The summed E-state index contributed by atoms with van der Waals surface area (Å²) in [6, 6.07) is 0. The van der Waals surface area contributed by atoms with Crippen molar-refractivity contribution in [3.63, 3.8) is 0 Å². The third-order valence-electron chi connectivity index (χ3n) is 2.41. The van der Waals surface area contributed by atoms with Gasteiger partial charge < -0.3 is 0 Å². The van der Waals surface area contributed by atoms with Crippen LogP contribution in [0.5, 0.6) is 0 Å². The number of Topliss-reactive ketones (excluding diaryl/α,β-unsaturated/α-hetero) is 3. The Balaban J connectivity index is 0.000000394. The van der Waals surface area contributed by atoms with E-state index in [0.29, 0.717) is 11.7 Å². The van der Waals surface area contributed by atoms with E-state index < -0.39 is 23.9 Å². The van der Waals surface area contributed by atoms with Gasteiger partial charge in [0.2, 0.25) is 0 Å². The van der Waals surface area contributed by atoms with Crippen molar-refractivity contribution in [3.05, 3.63) is 0 Å². The van der Waals surface area contributed by atoms with Crippen molar-refractivity contribution >= 4 is 17.3 Å². The largest absolute Gasteiger partial charge is 0.458 e. The zero-order valence-corrected chi connectivity index (χ0v) is 11.5. The summed E-state index contributed by atoms with van der Waals surface area (Å²) in [5, 5.41) is 0. The lowest BCUT2D eigenvalue weighted by Gasteiger charge is -2.15. The maximum atomic E-state index is 11.2. The molecule has 0 aromatic rings. The van der Waals surface area contributed by atoms with Gasteiger partial charge in [-0.25, -0.2) is 0 Å². The molecule has 0 radical (unpaired) electrons. The number of alkyl halides is 6. The molecule has 0 bridgehead atoms. The van der Waals surface area contributed by atoms with Crippen molar-refractivity contribution in [2.45, 2.75) is 46.0 Å². The SMILES string of the molecule is CC(C)(C)C(=O)C1CC1.O=C(C(=O)C(F)(F)F)C(F)(F)F. The molecule has 1 fully saturated rings. The Hall–Kier alpha value is -1.41. The molecule has 3 nitrogen and oxygen atoms in total. The van der Waals surface area contributed by atoms with Gasteiger partial charge in [0, 0.05) is 11.3 Å². The first-order valence-electron chi connectivity index (χ1n) is 5.85. The topological polar surface area (TPSA) is 51.2 Å². The first-order valence-corrected chi connectivity index (χ1v) is 5.85. The zero-order valence-electron chi connectivity index (χ0n) is 11.5. The van der Waals surface area contributed by atoms with Gasteiger partial charge in [-0.2, -0.15) is 26.3 Å². The normalized spacial score (nSPS) is 15.9. The van der Waals surface area contributed by atoms with Gasteiger partial charge in [-0.3, -0.25) is 14.4 Å². The summed E-state index contributed by atoms with van der Waals surface area (Å²) in [6.45, 7) is 5.98. The van der Waals surface area contributed by atoms with E-state index in [1.54, 1.807) is 0 Å². The number of halogens is 6. The highest BCUT2D eigenvalue weighted by Crippen LogP contribution is 2.36. The Morgan fingerprint density at radius 1 is 0.762 bits per heavy atom. The minimum absolute atomic E-state index is 0.0961. The maximum absolute atomic E-state index is 11.2. The second-order valence-corrected chi connectivity index (χ2v) is 5.54. The van der Waals surface area contributed by atoms with E-state index in [0.717, 1.165) is 12.8 Å². The van der Waals surface area contributed by atoms with Gasteiger partial charge in [0.25, 0.3) is 0 Å². The summed E-state index contributed by atoms with van der Waals surface area (Å²) >= 11 is 0. The Morgan fingerprint density at radius 3 is 1.14 bits per heavy atom. The Morgan fingerprint density at radius 2 is 1.05 bits per heavy atom. The first kappa shape index (κ1) is 19.6. The van der Waals surface area contributed by atoms with Crippen molar-refractivity contribution in [2.75, 3.05) is 0 Å². The summed E-state index contributed by atoms with van der Waals surface area (Å²) in [5.74, 6) is -5.95. The minimum Gasteiger partial charge on any atom is -0.299 e. The molecule has 0 unspecified atom stereocenters. The van der Waals surface area contributed by atoms with Crippen LogP contribution in [-0.2, 0) is 14.4 Å². The molecule has 0 saturated heterocycles. The lowest BCUT2D eigenvalue weighted by atomic mass is 9.88. The molecule has 21 heavy (non-hydrogen) atoms. The fourth-order valence-corrected chi connectivity index (χ4v) is 1.22. The average Bonchev–Trinajstić information content (AvgIpc) is 3.06. The molecule has 1 aliphatic rings. The number of carbonyl (C=O) groups is 3. The molecular weight excluding hydrogens is 306 g/mol. The summed E-state index contributed by atoms with van der Waals surface area (Å²) in [5.41, 5.74) is -0.0961. The third kappa shape index (κ3) is 6.72. The summed E-state index contributed by atoms with van der Waals surface area (Å²) in [7, 11) is 0. The van der Waals surface area contributed by atoms with Crippen LogP contribution in [0.4, 0.5) is 26.3 Å². The molecule has 0 aliphatic heterocycles. The highest BCUT2D eigenvalue weighted by atomic mass is 19.4. The molecule has 1 saturated carbocycles. The predicted molar refractivity (Wildman–Crippen MR) is 59.3 cm³/mol. The van der Waals surface area contributed by atoms with E-state index in [1.165, 1.54) is 0 Å². The van der Waals surface area contributed by atoms with Crippen molar-refractivity contribution in [2.24, 2.45) is 11.3 Å². The van der Waals surface area contributed by atoms with Gasteiger partial charge in [-0.1, -0.05) is 20.8 Å². The Kier molecular flexibility index (Phi) is 5.73. The van der Waals surface area contributed by atoms with E-state index in [4.69, 9.17) is 0 Å². The molecule has 0 spiro atoms. The van der Waals surface area contributed by atoms with E-state index in [9.17, 15) is 40.7 Å². The van der Waals surface area contributed by atoms with Gasteiger partial charge in [-0.05, 0) is 12.8 Å². The molecule has 0 aromatic carbocycles. The predicted octanol–water partition coefficient (Wildman–Crippen LogP) is 3.26.